The van der Waals surface area contributed by atoms with Crippen LogP contribution in [0.2, 0.25) is 0 Å². The van der Waals surface area contributed by atoms with Crippen LogP contribution in [0.25, 0.3) is 0 Å². The molecule has 2 unspecified atom stereocenters. The summed E-state index contributed by atoms with van der Waals surface area (Å²) in [4.78, 5) is 37.0. The molecule has 0 heterocycles. The fourth-order valence-corrected chi connectivity index (χ4v) is 6.44. The van der Waals surface area contributed by atoms with Crippen LogP contribution in [0, 0.1) is 0 Å². The van der Waals surface area contributed by atoms with Gasteiger partial charge in [-0.2, -0.15) is 0 Å². The van der Waals surface area contributed by atoms with Gasteiger partial charge >= 0.3 is 11.9 Å². The zero-order chi connectivity index (χ0) is 46.3. The van der Waals surface area contributed by atoms with E-state index >= 15 is 0 Å². The second kappa shape index (κ2) is 44.6. The number of hydrogen-bond acceptors (Lipinski definition) is 7. The number of quaternary nitrogens is 1. The Bertz CT molecular complexity index is 1390. The SMILES string of the molecule is CC/C=C/C/C=C/C/C=C/C/C=C/C/C=C/CCCCCC(=O)OCC(COCCC(C(=O)[O-])[N+](C)(C)C)OC(=O)CCCCCCCCC/C=C/C/C=C/C/C=C/C/C=C/CC. The Labute approximate surface area is 385 Å². The summed E-state index contributed by atoms with van der Waals surface area (Å²) in [5.74, 6) is -1.80. The largest absolute Gasteiger partial charge is 0.544 e. The number of unbranched alkanes of at least 4 members (excludes halogenated alkanes) is 10. The maximum Gasteiger partial charge on any atom is 0.306 e. The van der Waals surface area contributed by atoms with Crippen LogP contribution in [0.5, 0.6) is 0 Å². The third kappa shape index (κ3) is 43.0. The van der Waals surface area contributed by atoms with Crippen LogP contribution in [-0.4, -0.2) is 75.5 Å². The fraction of sp³-hybridized carbons (Fsp3) is 0.618. The van der Waals surface area contributed by atoms with Gasteiger partial charge in [0.2, 0.25) is 0 Å². The molecule has 0 aliphatic rings. The lowest BCUT2D eigenvalue weighted by Crippen LogP contribution is -2.55. The number of esters is 2. The van der Waals surface area contributed by atoms with E-state index in [0.717, 1.165) is 116 Å². The summed E-state index contributed by atoms with van der Waals surface area (Å²) >= 11 is 0. The first-order chi connectivity index (χ1) is 30.6. The van der Waals surface area contributed by atoms with Gasteiger partial charge in [-0.25, -0.2) is 0 Å². The molecule has 0 saturated carbocycles. The number of carboxylic acids is 1. The van der Waals surface area contributed by atoms with E-state index in [1.165, 1.54) is 19.3 Å². The maximum atomic E-state index is 12.8. The Morgan fingerprint density at radius 1 is 0.476 bits per heavy atom. The standard InChI is InChI=1S/C55H89NO7/c1-6-8-10-12-14-16-18-20-22-24-26-28-30-32-34-36-38-40-42-44-46-54(58)63-51(49-61-48-47-52(55(59)60)56(3,4)5)50-62-53(57)45-43-41-39-37-35-33-31-29-27-25-23-21-19-17-15-13-11-9-7-2/h8-11,14-17,20-23,26-29,33,35,51-52H,6-7,12-13,18-19,24-25,30-32,34,36-50H2,1-5H3/b10-8+,11-9+,16-14+,17-15+,22-20+,23-21+,28-26+,29-27+,35-33+. The summed E-state index contributed by atoms with van der Waals surface area (Å²) in [5.41, 5.74) is 0. The molecule has 0 saturated heterocycles. The van der Waals surface area contributed by atoms with Crippen LogP contribution in [0.1, 0.15) is 168 Å². The number of allylic oxidation sites excluding steroid dienone is 18. The molecule has 0 rings (SSSR count). The number of hydrogen-bond donors (Lipinski definition) is 0. The highest BCUT2D eigenvalue weighted by atomic mass is 16.6. The highest BCUT2D eigenvalue weighted by Gasteiger charge is 2.25. The van der Waals surface area contributed by atoms with E-state index in [0.29, 0.717) is 12.8 Å². The van der Waals surface area contributed by atoms with Gasteiger partial charge in [0, 0.05) is 19.3 Å². The van der Waals surface area contributed by atoms with Crippen molar-refractivity contribution in [1.82, 2.24) is 0 Å². The van der Waals surface area contributed by atoms with Crippen LogP contribution < -0.4 is 5.11 Å². The first kappa shape index (κ1) is 59.0. The van der Waals surface area contributed by atoms with Crippen molar-refractivity contribution in [2.45, 2.75) is 180 Å². The van der Waals surface area contributed by atoms with Gasteiger partial charge in [0.15, 0.2) is 6.10 Å². The quantitative estimate of drug-likeness (QED) is 0.0260. The van der Waals surface area contributed by atoms with E-state index in [1.807, 2.05) is 0 Å². The molecule has 0 spiro atoms. The number of carboxylic acid groups (broad SMARTS) is 1. The van der Waals surface area contributed by atoms with Gasteiger partial charge in [0.05, 0.1) is 40.3 Å². The Morgan fingerprint density at radius 3 is 1.25 bits per heavy atom. The predicted molar refractivity (Wildman–Crippen MR) is 263 cm³/mol. The molecule has 0 bridgehead atoms. The minimum atomic E-state index is -1.14. The number of ether oxygens (including phenoxy) is 3. The molecule has 0 aliphatic carbocycles. The van der Waals surface area contributed by atoms with Crippen molar-refractivity contribution < 1.29 is 38.2 Å². The molecule has 0 aromatic rings. The Kier molecular flexibility index (Phi) is 41.8. The van der Waals surface area contributed by atoms with Gasteiger partial charge in [-0.15, -0.1) is 0 Å². The van der Waals surface area contributed by atoms with Crippen molar-refractivity contribution >= 4 is 17.9 Å². The minimum absolute atomic E-state index is 0.0179. The number of likely N-dealkylation sites (N-methyl/N-ethyl adjacent to an activating group) is 1. The summed E-state index contributed by atoms with van der Waals surface area (Å²) in [5, 5.41) is 11.7. The predicted octanol–water partition coefficient (Wildman–Crippen LogP) is 12.7. The molecule has 63 heavy (non-hydrogen) atoms. The summed E-state index contributed by atoms with van der Waals surface area (Å²) < 4.78 is 17.2. The highest BCUT2D eigenvalue weighted by Crippen LogP contribution is 2.13. The average Bonchev–Trinajstić information content (AvgIpc) is 3.24. The monoisotopic (exact) mass is 876 g/mol. The number of aliphatic carboxylic acids is 1. The third-order valence-corrected chi connectivity index (χ3v) is 10.2. The van der Waals surface area contributed by atoms with Gasteiger partial charge in [0.25, 0.3) is 0 Å². The van der Waals surface area contributed by atoms with E-state index in [4.69, 9.17) is 14.2 Å². The maximum absolute atomic E-state index is 12.8. The second-order valence-corrected chi connectivity index (χ2v) is 16.9. The summed E-state index contributed by atoms with van der Waals surface area (Å²) in [7, 11) is 5.39. The molecule has 2 atom stereocenters. The molecule has 0 fully saturated rings. The van der Waals surface area contributed by atoms with Gasteiger partial charge < -0.3 is 28.6 Å². The van der Waals surface area contributed by atoms with Crippen molar-refractivity contribution in [1.29, 1.82) is 0 Å². The number of carbonyl (C=O) groups excluding carboxylic acids is 3. The molecule has 356 valence electrons. The summed E-state index contributed by atoms with van der Waals surface area (Å²) in [6, 6.07) is -0.740. The Hall–Kier alpha value is -4.01. The van der Waals surface area contributed by atoms with E-state index in [-0.39, 0.29) is 42.7 Å². The van der Waals surface area contributed by atoms with Crippen LogP contribution >= 0.6 is 0 Å². The lowest BCUT2D eigenvalue weighted by Gasteiger charge is -2.34. The van der Waals surface area contributed by atoms with Crippen molar-refractivity contribution in [3.05, 3.63) is 109 Å². The van der Waals surface area contributed by atoms with Crippen molar-refractivity contribution in [2.75, 3.05) is 41.0 Å². The number of rotatable bonds is 42. The summed E-state index contributed by atoms with van der Waals surface area (Å²) in [6.45, 7) is 4.37. The molecule has 0 aliphatic heterocycles. The van der Waals surface area contributed by atoms with Crippen molar-refractivity contribution in [2.24, 2.45) is 0 Å². The van der Waals surface area contributed by atoms with E-state index in [2.05, 4.69) is 123 Å². The molecule has 0 aromatic heterocycles. The van der Waals surface area contributed by atoms with Crippen LogP contribution in [0.3, 0.4) is 0 Å². The van der Waals surface area contributed by atoms with Gasteiger partial charge in [-0.05, 0) is 96.3 Å². The first-order valence-corrected chi connectivity index (χ1v) is 24.4. The summed E-state index contributed by atoms with van der Waals surface area (Å²) in [6.07, 6.45) is 61.1. The molecular weight excluding hydrogens is 787 g/mol. The van der Waals surface area contributed by atoms with Crippen molar-refractivity contribution in [3.63, 3.8) is 0 Å². The van der Waals surface area contributed by atoms with Crippen LogP contribution in [-0.2, 0) is 28.6 Å². The average molecular weight is 876 g/mol. The zero-order valence-corrected chi connectivity index (χ0v) is 40.4. The van der Waals surface area contributed by atoms with Gasteiger partial charge in [-0.1, -0.05) is 162 Å². The van der Waals surface area contributed by atoms with Gasteiger partial charge in [0.1, 0.15) is 12.6 Å². The van der Waals surface area contributed by atoms with E-state index < -0.39 is 18.1 Å². The molecule has 8 heteroatoms. The lowest BCUT2D eigenvalue weighted by molar-refractivity contribution is -0.889. The van der Waals surface area contributed by atoms with Crippen LogP contribution in [0.4, 0.5) is 0 Å². The number of nitrogens with zero attached hydrogens (tertiary/aromatic N) is 1. The normalized spacial score (nSPS) is 13.9. The molecule has 0 aromatic carbocycles. The second-order valence-electron chi connectivity index (χ2n) is 16.9. The molecule has 8 nitrogen and oxygen atoms in total. The van der Waals surface area contributed by atoms with Crippen molar-refractivity contribution in [3.8, 4) is 0 Å². The molecule has 0 N–H and O–H groups in total. The third-order valence-electron chi connectivity index (χ3n) is 10.2. The zero-order valence-electron chi connectivity index (χ0n) is 40.4. The van der Waals surface area contributed by atoms with Gasteiger partial charge in [-0.3, -0.25) is 9.59 Å². The van der Waals surface area contributed by atoms with E-state index in [9.17, 15) is 19.5 Å². The highest BCUT2D eigenvalue weighted by molar-refractivity contribution is 5.70. The van der Waals surface area contributed by atoms with Crippen LogP contribution in [0.15, 0.2) is 109 Å². The lowest BCUT2D eigenvalue weighted by atomic mass is 10.1. The fourth-order valence-electron chi connectivity index (χ4n) is 6.44. The molecule has 0 amide bonds. The number of carbonyl (C=O) groups is 3. The van der Waals surface area contributed by atoms with E-state index in [1.54, 1.807) is 21.1 Å². The molecule has 0 radical (unpaired) electrons. The first-order valence-electron chi connectivity index (χ1n) is 24.4. The Morgan fingerprint density at radius 2 is 0.841 bits per heavy atom. The molecular formula is C55H89NO7. The topological polar surface area (TPSA) is 102 Å². The smallest absolute Gasteiger partial charge is 0.306 e. The minimum Gasteiger partial charge on any atom is -0.544 e. The Balaban J connectivity index is 4.39.